The van der Waals surface area contributed by atoms with Gasteiger partial charge in [0.1, 0.15) is 19.8 Å². The van der Waals surface area contributed by atoms with Crippen LogP contribution >= 0.6 is 0 Å². The molecule has 0 saturated carbocycles. The van der Waals surface area contributed by atoms with Crippen LogP contribution in [-0.4, -0.2) is 86.3 Å². The van der Waals surface area contributed by atoms with Gasteiger partial charge in [-0.3, -0.25) is 23.7 Å². The van der Waals surface area contributed by atoms with Crippen molar-refractivity contribution >= 4 is 33.9 Å². The number of carbonyl (C=O) groups excluding carboxylic acids is 4. The van der Waals surface area contributed by atoms with E-state index in [9.17, 15) is 37.3 Å². The second-order valence-electron chi connectivity index (χ2n) is 21.6. The Morgan fingerprint density at radius 1 is 0.480 bits per heavy atom. The number of hydrogen-bond acceptors (Lipinski definition) is 10. The highest BCUT2D eigenvalue weighted by atomic mass is 32.2. The van der Waals surface area contributed by atoms with Gasteiger partial charge in [0.2, 0.25) is 5.91 Å². The van der Waals surface area contributed by atoms with Crippen LogP contribution in [0.5, 0.6) is 0 Å². The molecule has 13 heteroatoms. The molecule has 0 radical (unpaired) electrons. The molecule has 1 rings (SSSR count). The normalized spacial score (nSPS) is 12.8. The highest BCUT2D eigenvalue weighted by Crippen LogP contribution is 2.34. The van der Waals surface area contributed by atoms with Gasteiger partial charge in [-0.25, -0.2) is 0 Å². The van der Waals surface area contributed by atoms with Crippen molar-refractivity contribution in [1.29, 1.82) is 0 Å². The fourth-order valence-corrected chi connectivity index (χ4v) is 10.7. The fraction of sp³-hybridized carbons (Fsp3) is 0.839. The van der Waals surface area contributed by atoms with E-state index in [0.717, 1.165) is 37.7 Å². The van der Waals surface area contributed by atoms with Crippen LogP contribution in [0.4, 0.5) is 0 Å². The smallest absolute Gasteiger partial charge is 0.309 e. The average Bonchev–Trinajstić information content (AvgIpc) is 3.40. The minimum Gasteiger partial charge on any atom is -0.463 e. The van der Waals surface area contributed by atoms with E-state index >= 15 is 0 Å². The van der Waals surface area contributed by atoms with Crippen LogP contribution < -0.4 is 0 Å². The summed E-state index contributed by atoms with van der Waals surface area (Å²) in [5.41, 5.74) is 0.780. The van der Waals surface area contributed by atoms with Gasteiger partial charge in [0.25, 0.3) is 10.1 Å². The number of hydrogen-bond donors (Lipinski definition) is 2. The molecule has 1 aromatic carbocycles. The van der Waals surface area contributed by atoms with Gasteiger partial charge < -0.3 is 24.2 Å². The molecule has 12 nitrogen and oxygen atoms in total. The lowest BCUT2D eigenvalue weighted by Gasteiger charge is -2.25. The summed E-state index contributed by atoms with van der Waals surface area (Å²) in [4.78, 5) is 54.7. The minimum atomic E-state index is -4.37. The van der Waals surface area contributed by atoms with E-state index in [1.54, 1.807) is 12.1 Å². The van der Waals surface area contributed by atoms with Crippen molar-refractivity contribution in [2.75, 3.05) is 39.5 Å². The predicted molar refractivity (Wildman–Crippen MR) is 305 cm³/mol. The molecule has 0 fully saturated rings. The maximum atomic E-state index is 13.6. The number of amides is 1. The van der Waals surface area contributed by atoms with Gasteiger partial charge in [-0.05, 0) is 62.1 Å². The van der Waals surface area contributed by atoms with Crippen molar-refractivity contribution in [2.45, 2.75) is 289 Å². The molecule has 0 saturated heterocycles. The van der Waals surface area contributed by atoms with E-state index in [1.807, 2.05) is 18.7 Å². The van der Waals surface area contributed by atoms with Crippen LogP contribution in [0, 0.1) is 11.8 Å². The molecule has 0 aliphatic heterocycles. The zero-order chi connectivity index (χ0) is 55.0. The Bertz CT molecular complexity index is 1620. The maximum Gasteiger partial charge on any atom is 0.309 e. The molecular formula is C62H111NO11S. The molecule has 0 aliphatic carbocycles. The highest BCUT2D eigenvalue weighted by molar-refractivity contribution is 7.85. The lowest BCUT2D eigenvalue weighted by molar-refractivity contribution is -0.157. The maximum absolute atomic E-state index is 13.6. The summed E-state index contributed by atoms with van der Waals surface area (Å²) in [5, 5.41) is 9.33. The number of benzene rings is 1. The van der Waals surface area contributed by atoms with Gasteiger partial charge in [-0.1, -0.05) is 239 Å². The lowest BCUT2D eigenvalue weighted by atomic mass is 9.81. The molecule has 0 heterocycles. The number of unbranched alkanes of at least 4 members (excludes halogenated alkanes) is 30. The SMILES string of the molecule is CCCCCCCCCCCCCCCCCCN(CCCCCCCCCCCCCCCCCC)C(=O)CCC(=O)OCCOC(=O)C(CC)CC(CC(CCC)c1ccc(S(=O)(=O)O)cc1)C(=O)OCCO. The molecule has 3 unspecified atom stereocenters. The summed E-state index contributed by atoms with van der Waals surface area (Å²) in [5.74, 6) is -3.19. The third kappa shape index (κ3) is 38.2. The standard InChI is InChI=1S/C62H111NO11S/c1-5-9-11-13-15-17-19-21-23-25-27-29-31-33-35-37-46-63(47-38-36-34-32-30-28-26-24-22-20-18-16-14-12-10-6-2)59(65)44-45-60(66)72-50-51-74-61(67)54(8-4)52-57(62(68)73-49-48-64)53-56(39-7-3)55-40-42-58(43-41-55)75(69,70)71/h40-43,54,56-57,64H,5-39,44-53H2,1-4H3,(H,69,70,71). The summed E-state index contributed by atoms with van der Waals surface area (Å²) in [6, 6.07) is 5.87. The molecular weight excluding hydrogens is 967 g/mol. The molecule has 436 valence electrons. The fourth-order valence-electron chi connectivity index (χ4n) is 10.3. The van der Waals surface area contributed by atoms with Crippen molar-refractivity contribution in [3.63, 3.8) is 0 Å². The molecule has 75 heavy (non-hydrogen) atoms. The highest BCUT2D eigenvalue weighted by Gasteiger charge is 2.31. The average molecular weight is 1080 g/mol. The minimum absolute atomic E-state index is 0.0190. The summed E-state index contributed by atoms with van der Waals surface area (Å²) in [7, 11) is -4.37. The van der Waals surface area contributed by atoms with Crippen molar-refractivity contribution in [3.8, 4) is 0 Å². The first-order chi connectivity index (χ1) is 36.4. The van der Waals surface area contributed by atoms with Gasteiger partial charge in [0.15, 0.2) is 0 Å². The summed E-state index contributed by atoms with van der Waals surface area (Å²) in [6.45, 7) is 8.92. The molecule has 0 aromatic heterocycles. The Balaban J connectivity index is 2.61. The summed E-state index contributed by atoms with van der Waals surface area (Å²) >= 11 is 0. The lowest BCUT2D eigenvalue weighted by Crippen LogP contribution is -2.33. The molecule has 3 atom stereocenters. The number of aliphatic hydroxyl groups is 1. The number of carbonyl (C=O) groups is 4. The number of nitrogens with zero attached hydrogens (tertiary/aromatic N) is 1. The largest absolute Gasteiger partial charge is 0.463 e. The Labute approximate surface area is 458 Å². The first-order valence-electron chi connectivity index (χ1n) is 30.9. The number of ether oxygens (including phenoxy) is 3. The molecule has 0 spiro atoms. The van der Waals surface area contributed by atoms with Crippen LogP contribution in [-0.2, 0) is 43.5 Å². The van der Waals surface area contributed by atoms with Gasteiger partial charge >= 0.3 is 17.9 Å². The number of rotatable bonds is 53. The molecule has 0 aliphatic rings. The van der Waals surface area contributed by atoms with Crippen molar-refractivity contribution in [2.24, 2.45) is 11.8 Å². The number of esters is 3. The van der Waals surface area contributed by atoms with Crippen LogP contribution in [0.1, 0.15) is 290 Å². The van der Waals surface area contributed by atoms with Gasteiger partial charge in [-0.15, -0.1) is 0 Å². The second-order valence-corrected chi connectivity index (χ2v) is 23.0. The van der Waals surface area contributed by atoms with Crippen LogP contribution in [0.25, 0.3) is 0 Å². The van der Waals surface area contributed by atoms with E-state index in [4.69, 9.17) is 14.2 Å². The van der Waals surface area contributed by atoms with E-state index < -0.39 is 39.9 Å². The van der Waals surface area contributed by atoms with Crippen LogP contribution in [0.3, 0.4) is 0 Å². The zero-order valence-corrected chi connectivity index (χ0v) is 49.1. The number of aliphatic hydroxyl groups excluding tert-OH is 1. The third-order valence-electron chi connectivity index (χ3n) is 15.0. The predicted octanol–water partition coefficient (Wildman–Crippen LogP) is 16.0. The van der Waals surface area contributed by atoms with Crippen LogP contribution in [0.15, 0.2) is 29.2 Å². The molecule has 2 N–H and O–H groups in total. The van der Waals surface area contributed by atoms with E-state index in [0.29, 0.717) is 32.4 Å². The van der Waals surface area contributed by atoms with Gasteiger partial charge in [-0.2, -0.15) is 8.42 Å². The topological polar surface area (TPSA) is 174 Å². The second kappa shape index (κ2) is 48.1. The van der Waals surface area contributed by atoms with Crippen molar-refractivity contribution in [1.82, 2.24) is 4.90 Å². The Morgan fingerprint density at radius 2 is 0.867 bits per heavy atom. The van der Waals surface area contributed by atoms with Crippen molar-refractivity contribution in [3.05, 3.63) is 29.8 Å². The Kier molecular flexibility index (Phi) is 44.9. The quantitative estimate of drug-likeness (QED) is 0.0275. The van der Waals surface area contributed by atoms with E-state index in [1.165, 1.54) is 192 Å². The first-order valence-corrected chi connectivity index (χ1v) is 32.3. The van der Waals surface area contributed by atoms with E-state index in [2.05, 4.69) is 13.8 Å². The van der Waals surface area contributed by atoms with E-state index in [-0.39, 0.29) is 62.4 Å². The summed E-state index contributed by atoms with van der Waals surface area (Å²) < 4.78 is 49.0. The Hall–Kier alpha value is -3.03. The third-order valence-corrected chi connectivity index (χ3v) is 15.8. The van der Waals surface area contributed by atoms with Gasteiger partial charge in [0.05, 0.1) is 29.8 Å². The first kappa shape index (κ1) is 70.0. The molecule has 1 amide bonds. The molecule has 0 bridgehead atoms. The molecule has 1 aromatic rings. The van der Waals surface area contributed by atoms with Gasteiger partial charge in [0, 0.05) is 19.5 Å². The van der Waals surface area contributed by atoms with Crippen LogP contribution in [0.2, 0.25) is 0 Å². The Morgan fingerprint density at radius 3 is 1.25 bits per heavy atom. The van der Waals surface area contributed by atoms with Crippen molar-refractivity contribution < 1.29 is 51.5 Å². The monoisotopic (exact) mass is 1080 g/mol. The zero-order valence-electron chi connectivity index (χ0n) is 48.3. The summed E-state index contributed by atoms with van der Waals surface area (Å²) in [6.07, 6.45) is 43.9.